The summed E-state index contributed by atoms with van der Waals surface area (Å²) in [5, 5.41) is 6.05. The molecule has 4 aliphatic rings. The van der Waals surface area contributed by atoms with Gasteiger partial charge in [0.1, 0.15) is 12.6 Å². The molecule has 4 rings (SSSR count). The predicted octanol–water partition coefficient (Wildman–Crippen LogP) is 4.44. The second-order valence-electron chi connectivity index (χ2n) is 15.9. The summed E-state index contributed by atoms with van der Waals surface area (Å²) in [6.45, 7) is 14.8. The molecule has 3 saturated carbocycles. The van der Waals surface area contributed by atoms with Crippen LogP contribution in [-0.4, -0.2) is 49.6 Å². The van der Waals surface area contributed by atoms with E-state index in [9.17, 15) is 4.79 Å². The molecule has 3 fully saturated rings. The number of fused-ring (bicyclic) bond motifs is 5. The summed E-state index contributed by atoms with van der Waals surface area (Å²) in [5.74, 6) is 5.74. The van der Waals surface area contributed by atoms with Crippen molar-refractivity contribution in [1.82, 2.24) is 15.5 Å². The molecule has 8 unspecified atom stereocenters. The lowest BCUT2D eigenvalue weighted by Gasteiger charge is -2.58. The Balaban J connectivity index is 1.37. The first-order valence-corrected chi connectivity index (χ1v) is 17.8. The molecule has 8 nitrogen and oxygen atoms in total. The Kier molecular flexibility index (Phi) is 12.2. The number of carbonyl (C=O) groups excluding carboxylic acids is 1. The minimum absolute atomic E-state index is 0.204. The summed E-state index contributed by atoms with van der Waals surface area (Å²) in [7, 11) is 0. The fourth-order valence-electron chi connectivity index (χ4n) is 10.4. The number of nitrogens with one attached hydrogen (secondary N) is 2. The minimum atomic E-state index is -0.587. The van der Waals surface area contributed by atoms with Crippen molar-refractivity contribution < 1.29 is 4.79 Å². The first kappa shape index (κ1) is 34.8. The van der Waals surface area contributed by atoms with Gasteiger partial charge in [0.15, 0.2) is 0 Å². The van der Waals surface area contributed by atoms with Crippen LogP contribution in [0, 0.1) is 52.3 Å². The van der Waals surface area contributed by atoms with E-state index in [0.29, 0.717) is 49.3 Å². The zero-order valence-corrected chi connectivity index (χ0v) is 28.3. The monoisotopic (exact) mass is 602 g/mol. The molecule has 8 heteroatoms. The molecular weight excluding hydrogens is 534 g/mol. The lowest BCUT2D eigenvalue weighted by molar-refractivity contribution is -0.132. The number of hydrogen-bond acceptors (Lipinski definition) is 7. The molecule has 0 spiro atoms. The Morgan fingerprint density at radius 3 is 2.23 bits per heavy atom. The lowest BCUT2D eigenvalue weighted by atomic mass is 9.46. The fourth-order valence-corrected chi connectivity index (χ4v) is 10.4. The third kappa shape index (κ3) is 8.23. The van der Waals surface area contributed by atoms with Crippen LogP contribution < -0.4 is 33.6 Å². The maximum atomic E-state index is 13.5. The molecule has 0 aromatic rings. The van der Waals surface area contributed by atoms with Crippen molar-refractivity contribution in [2.45, 2.75) is 124 Å². The van der Waals surface area contributed by atoms with Gasteiger partial charge in [0, 0.05) is 32.6 Å². The zero-order chi connectivity index (χ0) is 31.4. The van der Waals surface area contributed by atoms with Crippen molar-refractivity contribution in [1.29, 1.82) is 0 Å². The average Bonchev–Trinajstić information content (AvgIpc) is 3.29. The van der Waals surface area contributed by atoms with E-state index in [2.05, 4.69) is 51.3 Å². The third-order valence-electron chi connectivity index (χ3n) is 12.7. The predicted molar refractivity (Wildman–Crippen MR) is 178 cm³/mol. The summed E-state index contributed by atoms with van der Waals surface area (Å²) >= 11 is 0. The number of hydrogen-bond donors (Lipinski definition) is 6. The van der Waals surface area contributed by atoms with Crippen LogP contribution in [-0.2, 0) is 4.79 Å². The molecule has 0 radical (unpaired) electrons. The molecule has 0 bridgehead atoms. The van der Waals surface area contributed by atoms with Crippen molar-refractivity contribution in [3.05, 3.63) is 11.6 Å². The van der Waals surface area contributed by atoms with Gasteiger partial charge in [-0.05, 0) is 104 Å². The van der Waals surface area contributed by atoms with Crippen LogP contribution in [0.25, 0.3) is 0 Å². The molecule has 0 aromatic heterocycles. The van der Waals surface area contributed by atoms with Crippen molar-refractivity contribution in [2.75, 3.05) is 26.2 Å². The molecule has 0 heterocycles. The topological polar surface area (TPSA) is 148 Å². The van der Waals surface area contributed by atoms with Gasteiger partial charge in [-0.3, -0.25) is 15.4 Å². The summed E-state index contributed by atoms with van der Waals surface area (Å²) in [4.78, 5) is 15.4. The average molecular weight is 602 g/mol. The van der Waals surface area contributed by atoms with E-state index in [-0.39, 0.29) is 5.91 Å². The maximum Gasteiger partial charge on any atom is 0.222 e. The molecule has 1 amide bonds. The van der Waals surface area contributed by atoms with Gasteiger partial charge in [0.2, 0.25) is 5.91 Å². The normalized spacial score (nSPS) is 34.6. The number of carbonyl (C=O) groups is 1. The van der Waals surface area contributed by atoms with Crippen molar-refractivity contribution >= 4 is 5.91 Å². The number of amides is 1. The van der Waals surface area contributed by atoms with Gasteiger partial charge in [-0.2, -0.15) is 0 Å². The maximum absolute atomic E-state index is 13.5. The Morgan fingerprint density at radius 2 is 1.60 bits per heavy atom. The van der Waals surface area contributed by atoms with E-state index < -0.39 is 12.6 Å². The van der Waals surface area contributed by atoms with Gasteiger partial charge in [-0.1, -0.05) is 65.5 Å². The molecular formula is C35H67N7O. The number of nitrogens with zero attached hydrogens (tertiary/aromatic N) is 1. The van der Waals surface area contributed by atoms with Crippen molar-refractivity contribution in [3.63, 3.8) is 0 Å². The summed E-state index contributed by atoms with van der Waals surface area (Å²) in [6.07, 6.45) is 16.7. The van der Waals surface area contributed by atoms with Crippen LogP contribution in [0.2, 0.25) is 0 Å². The molecule has 248 valence electrons. The number of allylic oxidation sites excluding steroid dienone is 2. The van der Waals surface area contributed by atoms with E-state index in [0.717, 1.165) is 48.3 Å². The second kappa shape index (κ2) is 15.0. The van der Waals surface area contributed by atoms with E-state index >= 15 is 0 Å². The van der Waals surface area contributed by atoms with Gasteiger partial charge in [-0.25, -0.2) is 0 Å². The Hall–Kier alpha value is -1.03. The third-order valence-corrected chi connectivity index (χ3v) is 12.7. The fraction of sp³-hybridized carbons (Fsp3) is 0.914. The standard InChI is InChI=1S/C35H67N7O/c1-23(2)7-6-8-24(3)28-11-12-29-27-10-9-26-21-25(13-15-34(26,4)30(27)14-16-35(28,29)5)22-31(43)42(19-17-40-32(36)37)20-18-41-33(38)39/h9,23-25,27-30,32-33,40-41H,6-8,10-22,36-39H2,1-5H3. The summed E-state index contributed by atoms with van der Waals surface area (Å²) in [6, 6.07) is 0. The van der Waals surface area contributed by atoms with Crippen LogP contribution >= 0.6 is 0 Å². The van der Waals surface area contributed by atoms with Crippen LogP contribution in [0.1, 0.15) is 112 Å². The van der Waals surface area contributed by atoms with Crippen molar-refractivity contribution in [3.8, 4) is 0 Å². The van der Waals surface area contributed by atoms with E-state index in [1.165, 1.54) is 57.8 Å². The number of rotatable bonds is 15. The van der Waals surface area contributed by atoms with Crippen molar-refractivity contribution in [2.24, 2.45) is 75.2 Å². The molecule has 8 atom stereocenters. The van der Waals surface area contributed by atoms with Crippen LogP contribution in [0.15, 0.2) is 11.6 Å². The largest absolute Gasteiger partial charge is 0.340 e. The smallest absolute Gasteiger partial charge is 0.222 e. The Morgan fingerprint density at radius 1 is 0.930 bits per heavy atom. The van der Waals surface area contributed by atoms with Crippen LogP contribution in [0.4, 0.5) is 0 Å². The Labute approximate surface area is 263 Å². The van der Waals surface area contributed by atoms with Gasteiger partial charge in [-0.15, -0.1) is 0 Å². The van der Waals surface area contributed by atoms with Gasteiger partial charge in [0.25, 0.3) is 0 Å². The molecule has 0 saturated heterocycles. The molecule has 0 aromatic carbocycles. The van der Waals surface area contributed by atoms with Crippen LogP contribution in [0.5, 0.6) is 0 Å². The highest BCUT2D eigenvalue weighted by Crippen LogP contribution is 2.67. The SMILES string of the molecule is CC(C)CCCC(C)C1CCC2C3CC=C4CC(CC(=O)N(CCNC(N)N)CCNC(N)N)CCC4(C)C3CCC12C. The summed E-state index contributed by atoms with van der Waals surface area (Å²) in [5.41, 5.74) is 25.1. The summed E-state index contributed by atoms with van der Waals surface area (Å²) < 4.78 is 0. The van der Waals surface area contributed by atoms with E-state index in [1.807, 2.05) is 4.90 Å². The molecule has 43 heavy (non-hydrogen) atoms. The van der Waals surface area contributed by atoms with E-state index in [1.54, 1.807) is 5.57 Å². The highest BCUT2D eigenvalue weighted by molar-refractivity contribution is 5.76. The van der Waals surface area contributed by atoms with Gasteiger partial charge in [0.05, 0.1) is 0 Å². The van der Waals surface area contributed by atoms with E-state index in [4.69, 9.17) is 22.9 Å². The Bertz CT molecular complexity index is 923. The van der Waals surface area contributed by atoms with Crippen LogP contribution in [0.3, 0.4) is 0 Å². The first-order valence-electron chi connectivity index (χ1n) is 17.8. The highest BCUT2D eigenvalue weighted by atomic mass is 16.2. The van der Waals surface area contributed by atoms with Gasteiger partial charge < -0.3 is 27.8 Å². The first-order chi connectivity index (χ1) is 20.3. The quantitative estimate of drug-likeness (QED) is 0.120. The second-order valence-corrected chi connectivity index (χ2v) is 15.9. The molecule has 10 N–H and O–H groups in total. The zero-order valence-electron chi connectivity index (χ0n) is 28.3. The lowest BCUT2D eigenvalue weighted by Crippen LogP contribution is -2.51. The van der Waals surface area contributed by atoms with Gasteiger partial charge >= 0.3 is 0 Å². The molecule has 0 aliphatic heterocycles. The minimum Gasteiger partial charge on any atom is -0.340 e. The molecule has 4 aliphatic carbocycles. The highest BCUT2D eigenvalue weighted by Gasteiger charge is 2.59. The number of nitrogens with two attached hydrogens (primary N) is 4.